The van der Waals surface area contributed by atoms with Gasteiger partial charge in [0.05, 0.1) is 23.2 Å². The highest BCUT2D eigenvalue weighted by atomic mass is 16.5. The van der Waals surface area contributed by atoms with Crippen molar-refractivity contribution in [3.63, 3.8) is 0 Å². The second-order valence-corrected chi connectivity index (χ2v) is 4.22. The molecular formula is C15H14N2O. The van der Waals surface area contributed by atoms with E-state index in [1.54, 1.807) is 0 Å². The molecule has 0 saturated heterocycles. The van der Waals surface area contributed by atoms with E-state index in [0.29, 0.717) is 6.61 Å². The van der Waals surface area contributed by atoms with Crippen LogP contribution in [0.1, 0.15) is 12.5 Å². The van der Waals surface area contributed by atoms with E-state index in [9.17, 15) is 0 Å². The van der Waals surface area contributed by atoms with Gasteiger partial charge >= 0.3 is 0 Å². The molecule has 3 rings (SSSR count). The largest absolute Gasteiger partial charge is 0.492 e. The fourth-order valence-electron chi connectivity index (χ4n) is 2.11. The summed E-state index contributed by atoms with van der Waals surface area (Å²) in [6.45, 7) is 4.65. The highest BCUT2D eigenvalue weighted by molar-refractivity contribution is 5.90. The standard InChI is InChI=1S/C15H14N2O/c1-3-18-13-9-5-8-12-15(13)17-14-10(2)6-4-7-11(14)16-12/h4-9H,3H2,1-2H3. The molecule has 18 heavy (non-hydrogen) atoms. The van der Waals surface area contributed by atoms with Crippen molar-refractivity contribution in [2.45, 2.75) is 13.8 Å². The molecule has 0 spiro atoms. The lowest BCUT2D eigenvalue weighted by molar-refractivity contribution is 0.343. The fraction of sp³-hybridized carbons (Fsp3) is 0.200. The molecule has 1 heterocycles. The number of aromatic nitrogens is 2. The molecular weight excluding hydrogens is 224 g/mol. The number of aryl methyl sites for hydroxylation is 1. The lowest BCUT2D eigenvalue weighted by Crippen LogP contribution is -1.96. The summed E-state index contributed by atoms with van der Waals surface area (Å²) in [6.07, 6.45) is 0. The molecule has 0 N–H and O–H groups in total. The average Bonchev–Trinajstić information content (AvgIpc) is 2.38. The Kier molecular flexibility index (Phi) is 2.59. The minimum absolute atomic E-state index is 0.632. The van der Waals surface area contributed by atoms with Crippen molar-refractivity contribution < 1.29 is 4.74 Å². The first-order valence-electron chi connectivity index (χ1n) is 6.08. The van der Waals surface area contributed by atoms with Crippen LogP contribution in [0.15, 0.2) is 36.4 Å². The SMILES string of the molecule is CCOc1cccc2nc3cccc(C)c3nc12. The summed E-state index contributed by atoms with van der Waals surface area (Å²) in [5.41, 5.74) is 4.71. The Morgan fingerprint density at radius 1 is 0.944 bits per heavy atom. The molecule has 0 aliphatic heterocycles. The van der Waals surface area contributed by atoms with Crippen LogP contribution in [-0.4, -0.2) is 16.6 Å². The molecule has 90 valence electrons. The molecule has 0 amide bonds. The Morgan fingerprint density at radius 3 is 2.44 bits per heavy atom. The molecule has 0 unspecified atom stereocenters. The Balaban J connectivity index is 2.38. The molecule has 3 aromatic rings. The molecule has 0 aliphatic rings. The van der Waals surface area contributed by atoms with Gasteiger partial charge in [-0.05, 0) is 37.6 Å². The van der Waals surface area contributed by atoms with Crippen LogP contribution in [-0.2, 0) is 0 Å². The van der Waals surface area contributed by atoms with Crippen LogP contribution in [0.2, 0.25) is 0 Å². The van der Waals surface area contributed by atoms with Crippen LogP contribution < -0.4 is 4.74 Å². The molecule has 3 heteroatoms. The van der Waals surface area contributed by atoms with Crippen molar-refractivity contribution in [1.29, 1.82) is 0 Å². The predicted molar refractivity (Wildman–Crippen MR) is 73.0 cm³/mol. The van der Waals surface area contributed by atoms with E-state index in [2.05, 4.69) is 4.98 Å². The van der Waals surface area contributed by atoms with Gasteiger partial charge in [-0.15, -0.1) is 0 Å². The van der Waals surface area contributed by atoms with Crippen molar-refractivity contribution in [2.75, 3.05) is 6.61 Å². The number of ether oxygens (including phenoxy) is 1. The molecule has 0 atom stereocenters. The van der Waals surface area contributed by atoms with E-state index in [1.165, 1.54) is 0 Å². The average molecular weight is 238 g/mol. The third-order valence-corrected chi connectivity index (χ3v) is 2.96. The number of hydrogen-bond acceptors (Lipinski definition) is 3. The minimum Gasteiger partial charge on any atom is -0.492 e. The van der Waals surface area contributed by atoms with E-state index < -0.39 is 0 Å². The van der Waals surface area contributed by atoms with Crippen LogP contribution in [0, 0.1) is 6.92 Å². The van der Waals surface area contributed by atoms with Gasteiger partial charge in [0.2, 0.25) is 0 Å². The summed E-state index contributed by atoms with van der Waals surface area (Å²) >= 11 is 0. The quantitative estimate of drug-likeness (QED) is 0.641. The maximum atomic E-state index is 5.61. The Morgan fingerprint density at radius 2 is 1.67 bits per heavy atom. The number of para-hydroxylation sites is 2. The van der Waals surface area contributed by atoms with E-state index >= 15 is 0 Å². The zero-order valence-electron chi connectivity index (χ0n) is 10.5. The second kappa shape index (κ2) is 4.26. The van der Waals surface area contributed by atoms with Gasteiger partial charge in [-0.25, -0.2) is 9.97 Å². The lowest BCUT2D eigenvalue weighted by atomic mass is 10.2. The van der Waals surface area contributed by atoms with Gasteiger partial charge in [0.15, 0.2) is 0 Å². The fourth-order valence-corrected chi connectivity index (χ4v) is 2.11. The van der Waals surface area contributed by atoms with Crippen molar-refractivity contribution in [1.82, 2.24) is 9.97 Å². The van der Waals surface area contributed by atoms with E-state index in [4.69, 9.17) is 9.72 Å². The van der Waals surface area contributed by atoms with Gasteiger partial charge < -0.3 is 4.74 Å². The molecule has 0 bridgehead atoms. The lowest BCUT2D eigenvalue weighted by Gasteiger charge is -2.08. The van der Waals surface area contributed by atoms with Crippen LogP contribution in [0.25, 0.3) is 22.1 Å². The number of fused-ring (bicyclic) bond motifs is 2. The first-order chi connectivity index (χ1) is 8.79. The number of nitrogens with zero attached hydrogens (tertiary/aromatic N) is 2. The normalized spacial score (nSPS) is 11.0. The maximum Gasteiger partial charge on any atom is 0.147 e. The van der Waals surface area contributed by atoms with Crippen molar-refractivity contribution in [2.24, 2.45) is 0 Å². The van der Waals surface area contributed by atoms with Crippen LogP contribution in [0.5, 0.6) is 5.75 Å². The van der Waals surface area contributed by atoms with Gasteiger partial charge in [-0.1, -0.05) is 18.2 Å². The highest BCUT2D eigenvalue weighted by Crippen LogP contribution is 2.25. The van der Waals surface area contributed by atoms with Crippen molar-refractivity contribution in [3.8, 4) is 5.75 Å². The Labute approximate surface area is 105 Å². The highest BCUT2D eigenvalue weighted by Gasteiger charge is 2.07. The van der Waals surface area contributed by atoms with Crippen LogP contribution in [0.3, 0.4) is 0 Å². The van der Waals surface area contributed by atoms with Crippen LogP contribution in [0.4, 0.5) is 0 Å². The minimum atomic E-state index is 0.632. The third-order valence-electron chi connectivity index (χ3n) is 2.96. The van der Waals surface area contributed by atoms with Gasteiger partial charge in [0.25, 0.3) is 0 Å². The van der Waals surface area contributed by atoms with Gasteiger partial charge in [0.1, 0.15) is 11.3 Å². The van der Waals surface area contributed by atoms with Gasteiger partial charge in [-0.2, -0.15) is 0 Å². The smallest absolute Gasteiger partial charge is 0.147 e. The van der Waals surface area contributed by atoms with Gasteiger partial charge in [-0.3, -0.25) is 0 Å². The predicted octanol–water partition coefficient (Wildman–Crippen LogP) is 3.49. The van der Waals surface area contributed by atoms with Crippen LogP contribution >= 0.6 is 0 Å². The molecule has 1 aromatic heterocycles. The molecule has 0 fully saturated rings. The summed E-state index contributed by atoms with van der Waals surface area (Å²) in [5, 5.41) is 0. The maximum absolute atomic E-state index is 5.61. The number of benzene rings is 2. The summed E-state index contributed by atoms with van der Waals surface area (Å²) < 4.78 is 5.61. The first kappa shape index (κ1) is 11.0. The van der Waals surface area contributed by atoms with E-state index in [0.717, 1.165) is 33.4 Å². The summed E-state index contributed by atoms with van der Waals surface area (Å²) in [5.74, 6) is 0.799. The molecule has 0 aliphatic carbocycles. The van der Waals surface area contributed by atoms with E-state index in [1.807, 2.05) is 50.2 Å². The Bertz CT molecular complexity index is 722. The monoisotopic (exact) mass is 238 g/mol. The van der Waals surface area contributed by atoms with Gasteiger partial charge in [0, 0.05) is 0 Å². The summed E-state index contributed by atoms with van der Waals surface area (Å²) in [4.78, 5) is 9.35. The number of hydrogen-bond donors (Lipinski definition) is 0. The number of rotatable bonds is 2. The molecule has 0 radical (unpaired) electrons. The third kappa shape index (κ3) is 1.68. The molecule has 3 nitrogen and oxygen atoms in total. The summed E-state index contributed by atoms with van der Waals surface area (Å²) in [6, 6.07) is 11.9. The molecule has 2 aromatic carbocycles. The summed E-state index contributed by atoms with van der Waals surface area (Å²) in [7, 11) is 0. The van der Waals surface area contributed by atoms with Crippen molar-refractivity contribution >= 4 is 22.1 Å². The van der Waals surface area contributed by atoms with E-state index in [-0.39, 0.29) is 0 Å². The zero-order chi connectivity index (χ0) is 12.5. The second-order valence-electron chi connectivity index (χ2n) is 4.22. The first-order valence-corrected chi connectivity index (χ1v) is 6.08. The Hall–Kier alpha value is -2.16. The van der Waals surface area contributed by atoms with Crippen molar-refractivity contribution in [3.05, 3.63) is 42.0 Å². The molecule has 0 saturated carbocycles. The zero-order valence-corrected chi connectivity index (χ0v) is 10.5. The topological polar surface area (TPSA) is 35.0 Å².